The molecular formula is C13H12N2O6. The second-order valence-corrected chi connectivity index (χ2v) is 4.35. The van der Waals surface area contributed by atoms with Crippen molar-refractivity contribution >= 4 is 29.1 Å². The lowest BCUT2D eigenvalue weighted by molar-refractivity contribution is -0.142. The zero-order valence-corrected chi connectivity index (χ0v) is 10.7. The van der Waals surface area contributed by atoms with Crippen LogP contribution in [0.15, 0.2) is 30.5 Å². The summed E-state index contributed by atoms with van der Waals surface area (Å²) in [6.45, 7) is 0. The fraction of sp³-hybridized carbons (Fsp3) is 0.154. The Kier molecular flexibility index (Phi) is 3.79. The molecule has 21 heavy (non-hydrogen) atoms. The number of amides is 2. The Hall–Kier alpha value is -3.03. The predicted octanol–water partition coefficient (Wildman–Crippen LogP) is 1.82. The number of aromatic nitrogens is 1. The summed E-state index contributed by atoms with van der Waals surface area (Å²) in [6, 6.07) is 5.35. The van der Waals surface area contributed by atoms with Crippen molar-refractivity contribution in [2.75, 3.05) is 0 Å². The Labute approximate surface area is 118 Å². The number of fused-ring (bicyclic) bond motifs is 1. The molecule has 0 aliphatic heterocycles. The van der Waals surface area contributed by atoms with Crippen LogP contribution in [0, 0.1) is 0 Å². The molecule has 1 aromatic carbocycles. The van der Waals surface area contributed by atoms with E-state index in [-0.39, 0.29) is 11.3 Å². The van der Waals surface area contributed by atoms with Crippen molar-refractivity contribution in [3.05, 3.63) is 36.0 Å². The summed E-state index contributed by atoms with van der Waals surface area (Å²) < 4.78 is 0. The van der Waals surface area contributed by atoms with E-state index in [2.05, 4.69) is 4.98 Å². The normalized spacial score (nSPS) is 12.0. The SMILES string of the molecule is O=C(O)[C@H](Cc1c[nH]c2ccccc12)N(C(=O)O)C(=O)O. The summed E-state index contributed by atoms with van der Waals surface area (Å²) >= 11 is 0. The number of carboxylic acids is 1. The lowest BCUT2D eigenvalue weighted by Crippen LogP contribution is -2.48. The highest BCUT2D eigenvalue weighted by molar-refractivity contribution is 5.92. The number of para-hydroxylation sites is 1. The number of H-pyrrole nitrogens is 1. The van der Waals surface area contributed by atoms with Crippen molar-refractivity contribution in [3.63, 3.8) is 0 Å². The Balaban J connectivity index is 2.38. The molecule has 0 radical (unpaired) electrons. The van der Waals surface area contributed by atoms with Gasteiger partial charge in [-0.05, 0) is 11.6 Å². The Morgan fingerprint density at radius 1 is 1.10 bits per heavy atom. The van der Waals surface area contributed by atoms with Crippen molar-refractivity contribution in [1.82, 2.24) is 9.88 Å². The van der Waals surface area contributed by atoms with Crippen molar-refractivity contribution < 1.29 is 29.7 Å². The van der Waals surface area contributed by atoms with Crippen molar-refractivity contribution in [3.8, 4) is 0 Å². The van der Waals surface area contributed by atoms with E-state index in [4.69, 9.17) is 15.3 Å². The standard InChI is InChI=1S/C13H12N2O6/c16-11(17)10(15(12(18)19)13(20)21)5-7-6-14-9-4-2-1-3-8(7)9/h1-4,6,10,14H,5H2,(H,16,17)(H,18,19)(H,20,21)/t10-/m0/s1. The largest absolute Gasteiger partial charge is 0.480 e. The molecule has 0 spiro atoms. The second kappa shape index (κ2) is 5.53. The first-order chi connectivity index (χ1) is 9.91. The molecule has 0 saturated heterocycles. The van der Waals surface area contributed by atoms with Crippen LogP contribution in [-0.2, 0) is 11.2 Å². The van der Waals surface area contributed by atoms with Crippen LogP contribution in [-0.4, -0.2) is 49.4 Å². The first-order valence-corrected chi connectivity index (χ1v) is 5.94. The van der Waals surface area contributed by atoms with Gasteiger partial charge in [-0.1, -0.05) is 18.2 Å². The van der Waals surface area contributed by atoms with Crippen LogP contribution in [0.1, 0.15) is 5.56 Å². The van der Waals surface area contributed by atoms with Gasteiger partial charge in [-0.25, -0.2) is 14.4 Å². The first kappa shape index (κ1) is 14.4. The van der Waals surface area contributed by atoms with Gasteiger partial charge in [0, 0.05) is 23.5 Å². The van der Waals surface area contributed by atoms with Gasteiger partial charge in [0.25, 0.3) is 0 Å². The van der Waals surface area contributed by atoms with E-state index in [1.165, 1.54) is 0 Å². The average molecular weight is 292 g/mol. The third-order valence-corrected chi connectivity index (χ3v) is 3.10. The van der Waals surface area contributed by atoms with E-state index in [1.807, 2.05) is 0 Å². The smallest absolute Gasteiger partial charge is 0.417 e. The molecule has 8 heteroatoms. The van der Waals surface area contributed by atoms with Crippen LogP contribution in [0.3, 0.4) is 0 Å². The highest BCUT2D eigenvalue weighted by Crippen LogP contribution is 2.21. The number of imide groups is 1. The number of carboxylic acid groups (broad SMARTS) is 3. The van der Waals surface area contributed by atoms with Crippen molar-refractivity contribution in [2.45, 2.75) is 12.5 Å². The highest BCUT2D eigenvalue weighted by atomic mass is 16.4. The molecule has 2 amide bonds. The van der Waals surface area contributed by atoms with E-state index in [0.717, 1.165) is 10.9 Å². The summed E-state index contributed by atoms with van der Waals surface area (Å²) in [5.74, 6) is -1.52. The van der Waals surface area contributed by atoms with Gasteiger partial charge in [0.1, 0.15) is 6.04 Å². The number of hydrogen-bond donors (Lipinski definition) is 4. The van der Waals surface area contributed by atoms with E-state index >= 15 is 0 Å². The maximum Gasteiger partial charge on any atom is 0.417 e. The molecule has 110 valence electrons. The summed E-state index contributed by atoms with van der Waals surface area (Å²) in [5.41, 5.74) is 1.29. The lowest BCUT2D eigenvalue weighted by atomic mass is 10.0. The minimum absolute atomic E-state index is 0.107. The van der Waals surface area contributed by atoms with Crippen LogP contribution in [0.4, 0.5) is 9.59 Å². The molecule has 1 atom stereocenters. The van der Waals surface area contributed by atoms with Gasteiger partial charge in [-0.3, -0.25) is 0 Å². The van der Waals surface area contributed by atoms with E-state index in [0.29, 0.717) is 5.56 Å². The predicted molar refractivity (Wildman–Crippen MR) is 71.3 cm³/mol. The van der Waals surface area contributed by atoms with E-state index < -0.39 is 24.2 Å². The number of hydrogen-bond acceptors (Lipinski definition) is 3. The quantitative estimate of drug-likeness (QED) is 0.679. The maximum absolute atomic E-state index is 11.2. The Bertz CT molecular complexity index is 694. The van der Waals surface area contributed by atoms with Gasteiger partial charge < -0.3 is 20.3 Å². The number of nitrogens with one attached hydrogen (secondary N) is 1. The third kappa shape index (κ3) is 2.78. The van der Waals surface area contributed by atoms with Crippen LogP contribution in [0.5, 0.6) is 0 Å². The summed E-state index contributed by atoms with van der Waals surface area (Å²) in [6.07, 6.45) is -2.36. The van der Waals surface area contributed by atoms with Gasteiger partial charge in [-0.2, -0.15) is 4.90 Å². The summed E-state index contributed by atoms with van der Waals surface area (Å²) in [7, 11) is 0. The number of nitrogens with zero attached hydrogens (tertiary/aromatic N) is 1. The van der Waals surface area contributed by atoms with Crippen molar-refractivity contribution in [1.29, 1.82) is 0 Å². The summed E-state index contributed by atoms with van der Waals surface area (Å²) in [4.78, 5) is 36.0. The fourth-order valence-corrected chi connectivity index (χ4v) is 2.15. The monoisotopic (exact) mass is 292 g/mol. The number of aliphatic carboxylic acids is 1. The Morgan fingerprint density at radius 3 is 2.29 bits per heavy atom. The van der Waals surface area contributed by atoms with E-state index in [1.54, 1.807) is 30.5 Å². The molecular weight excluding hydrogens is 280 g/mol. The van der Waals surface area contributed by atoms with E-state index in [9.17, 15) is 14.4 Å². The number of rotatable bonds is 4. The third-order valence-electron chi connectivity index (χ3n) is 3.10. The van der Waals surface area contributed by atoms with Gasteiger partial charge in [0.15, 0.2) is 0 Å². The molecule has 2 aromatic rings. The molecule has 0 aliphatic carbocycles. The molecule has 0 aliphatic rings. The molecule has 0 fully saturated rings. The van der Waals surface area contributed by atoms with Crippen LogP contribution < -0.4 is 0 Å². The molecule has 1 heterocycles. The average Bonchev–Trinajstić information content (AvgIpc) is 2.80. The van der Waals surface area contributed by atoms with Crippen LogP contribution in [0.25, 0.3) is 10.9 Å². The van der Waals surface area contributed by atoms with Crippen LogP contribution >= 0.6 is 0 Å². The van der Waals surface area contributed by atoms with Gasteiger partial charge in [-0.15, -0.1) is 0 Å². The van der Waals surface area contributed by atoms with Crippen LogP contribution in [0.2, 0.25) is 0 Å². The van der Waals surface area contributed by atoms with Gasteiger partial charge >= 0.3 is 18.2 Å². The minimum atomic E-state index is -1.82. The summed E-state index contributed by atoms with van der Waals surface area (Å²) in [5, 5.41) is 27.6. The molecule has 0 saturated carbocycles. The van der Waals surface area contributed by atoms with Gasteiger partial charge in [0.2, 0.25) is 0 Å². The molecule has 2 rings (SSSR count). The fourth-order valence-electron chi connectivity index (χ4n) is 2.15. The number of carbonyl (C=O) groups is 3. The molecule has 1 aromatic heterocycles. The Morgan fingerprint density at radius 2 is 1.71 bits per heavy atom. The second-order valence-electron chi connectivity index (χ2n) is 4.35. The maximum atomic E-state index is 11.2. The molecule has 4 N–H and O–H groups in total. The minimum Gasteiger partial charge on any atom is -0.480 e. The molecule has 8 nitrogen and oxygen atoms in total. The van der Waals surface area contributed by atoms with Gasteiger partial charge in [0.05, 0.1) is 0 Å². The number of benzene rings is 1. The topological polar surface area (TPSA) is 131 Å². The zero-order valence-electron chi connectivity index (χ0n) is 10.7. The molecule has 0 bridgehead atoms. The highest BCUT2D eigenvalue weighted by Gasteiger charge is 2.35. The first-order valence-electron chi connectivity index (χ1n) is 5.94. The molecule has 0 unspecified atom stereocenters. The number of aromatic amines is 1. The lowest BCUT2D eigenvalue weighted by Gasteiger charge is -2.21. The zero-order chi connectivity index (χ0) is 15.6. The van der Waals surface area contributed by atoms with Crippen molar-refractivity contribution in [2.24, 2.45) is 0 Å².